The van der Waals surface area contributed by atoms with Crippen LogP contribution in [0.1, 0.15) is 39.1 Å². The number of aromatic nitrogens is 2. The average Bonchev–Trinajstić information content (AvgIpc) is 2.66. The third-order valence-corrected chi connectivity index (χ3v) is 3.07. The van der Waals surface area contributed by atoms with Gasteiger partial charge in [0.15, 0.2) is 0 Å². The van der Waals surface area contributed by atoms with E-state index in [0.717, 1.165) is 12.2 Å². The van der Waals surface area contributed by atoms with E-state index in [4.69, 9.17) is 10.6 Å². The first-order valence-electron chi connectivity index (χ1n) is 5.66. The first kappa shape index (κ1) is 13.2. The summed E-state index contributed by atoms with van der Waals surface area (Å²) >= 11 is 0. The normalized spacial score (nSPS) is 17.1. The third kappa shape index (κ3) is 2.42. The van der Waals surface area contributed by atoms with Gasteiger partial charge in [0.1, 0.15) is 11.9 Å². The highest BCUT2D eigenvalue weighted by Gasteiger charge is 2.36. The first-order valence-corrected chi connectivity index (χ1v) is 5.66. The molecule has 0 fully saturated rings. The number of hydrogen-bond donors (Lipinski definition) is 2. The maximum absolute atomic E-state index is 5.81. The molecule has 0 saturated heterocycles. The molecule has 92 valence electrons. The fourth-order valence-corrected chi connectivity index (χ4v) is 1.90. The van der Waals surface area contributed by atoms with E-state index in [0.29, 0.717) is 6.61 Å². The van der Waals surface area contributed by atoms with Gasteiger partial charge in [0.05, 0.1) is 5.60 Å². The van der Waals surface area contributed by atoms with Crippen molar-refractivity contribution in [1.82, 2.24) is 15.0 Å². The van der Waals surface area contributed by atoms with Crippen LogP contribution in [0.25, 0.3) is 0 Å². The van der Waals surface area contributed by atoms with Gasteiger partial charge in [-0.3, -0.25) is 5.84 Å². The highest BCUT2D eigenvalue weighted by molar-refractivity contribution is 5.05. The molecule has 0 spiro atoms. The minimum Gasteiger partial charge on any atom is -0.373 e. The van der Waals surface area contributed by atoms with E-state index in [1.807, 2.05) is 24.7 Å². The Balaban J connectivity index is 3.00. The molecule has 0 aliphatic rings. The van der Waals surface area contributed by atoms with Gasteiger partial charge in [-0.2, -0.15) is 0 Å². The molecule has 1 heterocycles. The van der Waals surface area contributed by atoms with Crippen molar-refractivity contribution in [3.05, 3.63) is 18.2 Å². The molecule has 2 unspecified atom stereocenters. The van der Waals surface area contributed by atoms with Gasteiger partial charge in [-0.25, -0.2) is 10.4 Å². The molecule has 16 heavy (non-hydrogen) atoms. The monoisotopic (exact) mass is 226 g/mol. The van der Waals surface area contributed by atoms with Crippen LogP contribution in [-0.4, -0.2) is 21.8 Å². The molecule has 0 aliphatic carbocycles. The number of hydrogen-bond acceptors (Lipinski definition) is 4. The molecule has 0 bridgehead atoms. The van der Waals surface area contributed by atoms with Crippen molar-refractivity contribution in [1.29, 1.82) is 0 Å². The molecule has 0 saturated carbocycles. The average molecular weight is 226 g/mol. The second-order valence-corrected chi connectivity index (χ2v) is 4.10. The Morgan fingerprint density at radius 3 is 2.69 bits per heavy atom. The number of ether oxygens (including phenoxy) is 1. The summed E-state index contributed by atoms with van der Waals surface area (Å²) in [7, 11) is 1.95. The summed E-state index contributed by atoms with van der Waals surface area (Å²) in [6.07, 6.45) is 4.53. The van der Waals surface area contributed by atoms with E-state index in [2.05, 4.69) is 24.3 Å². The van der Waals surface area contributed by atoms with Gasteiger partial charge < -0.3 is 9.30 Å². The van der Waals surface area contributed by atoms with E-state index in [9.17, 15) is 0 Å². The van der Waals surface area contributed by atoms with Crippen molar-refractivity contribution < 1.29 is 4.74 Å². The van der Waals surface area contributed by atoms with Gasteiger partial charge in [-0.05, 0) is 20.3 Å². The zero-order valence-electron chi connectivity index (χ0n) is 10.5. The molecule has 1 rings (SSSR count). The maximum Gasteiger partial charge on any atom is 0.129 e. The number of aryl methyl sites for hydroxylation is 1. The fourth-order valence-electron chi connectivity index (χ4n) is 1.90. The Hall–Kier alpha value is -0.910. The highest BCUT2D eigenvalue weighted by Crippen LogP contribution is 2.30. The molecule has 0 amide bonds. The molecule has 0 aliphatic heterocycles. The zero-order valence-corrected chi connectivity index (χ0v) is 10.5. The van der Waals surface area contributed by atoms with E-state index in [-0.39, 0.29) is 11.6 Å². The Kier molecular flexibility index (Phi) is 4.46. The summed E-state index contributed by atoms with van der Waals surface area (Å²) in [6.45, 7) is 6.78. The smallest absolute Gasteiger partial charge is 0.129 e. The van der Waals surface area contributed by atoms with Crippen molar-refractivity contribution in [3.8, 4) is 0 Å². The van der Waals surface area contributed by atoms with Crippen LogP contribution in [0.5, 0.6) is 0 Å². The van der Waals surface area contributed by atoms with Crippen LogP contribution in [0.4, 0.5) is 0 Å². The third-order valence-electron chi connectivity index (χ3n) is 3.07. The minimum absolute atomic E-state index is 0.113. The standard InChI is InChI=1S/C11H22N4O/c1-5-11(3,16-6-2)9(14-12)10-13-7-8-15(10)4/h7-9,14H,5-6,12H2,1-4H3. The molecular weight excluding hydrogens is 204 g/mol. The summed E-state index contributed by atoms with van der Waals surface area (Å²) in [5.74, 6) is 6.53. The molecule has 0 aromatic carbocycles. The van der Waals surface area contributed by atoms with Gasteiger partial charge >= 0.3 is 0 Å². The lowest BCUT2D eigenvalue weighted by molar-refractivity contribution is -0.0589. The summed E-state index contributed by atoms with van der Waals surface area (Å²) < 4.78 is 7.77. The predicted molar refractivity (Wildman–Crippen MR) is 63.6 cm³/mol. The van der Waals surface area contributed by atoms with Crippen LogP contribution in [-0.2, 0) is 11.8 Å². The highest BCUT2D eigenvalue weighted by atomic mass is 16.5. The zero-order chi connectivity index (χ0) is 12.2. The molecule has 3 N–H and O–H groups in total. The molecule has 1 aromatic rings. The maximum atomic E-state index is 5.81. The Morgan fingerprint density at radius 1 is 1.62 bits per heavy atom. The van der Waals surface area contributed by atoms with Gasteiger partial charge in [0, 0.05) is 26.0 Å². The van der Waals surface area contributed by atoms with Crippen molar-refractivity contribution >= 4 is 0 Å². The fraction of sp³-hybridized carbons (Fsp3) is 0.727. The van der Waals surface area contributed by atoms with Crippen molar-refractivity contribution in [2.24, 2.45) is 12.9 Å². The molecular formula is C11H22N4O. The van der Waals surface area contributed by atoms with Crippen LogP contribution >= 0.6 is 0 Å². The van der Waals surface area contributed by atoms with Gasteiger partial charge in [-0.1, -0.05) is 6.92 Å². The second kappa shape index (κ2) is 5.43. The van der Waals surface area contributed by atoms with Crippen molar-refractivity contribution in [2.45, 2.75) is 38.8 Å². The number of rotatable bonds is 6. The van der Waals surface area contributed by atoms with Crippen LogP contribution in [0.15, 0.2) is 12.4 Å². The van der Waals surface area contributed by atoms with Crippen molar-refractivity contribution in [3.63, 3.8) is 0 Å². The van der Waals surface area contributed by atoms with Crippen molar-refractivity contribution in [2.75, 3.05) is 6.61 Å². The summed E-state index contributed by atoms with van der Waals surface area (Å²) in [6, 6.07) is -0.113. The van der Waals surface area contributed by atoms with E-state index in [1.54, 1.807) is 6.20 Å². The van der Waals surface area contributed by atoms with E-state index >= 15 is 0 Å². The van der Waals surface area contributed by atoms with Gasteiger partial charge in [0.25, 0.3) is 0 Å². The quantitative estimate of drug-likeness (QED) is 0.564. The van der Waals surface area contributed by atoms with Crippen LogP contribution in [0.2, 0.25) is 0 Å². The topological polar surface area (TPSA) is 65.1 Å². The molecule has 1 aromatic heterocycles. The van der Waals surface area contributed by atoms with E-state index < -0.39 is 0 Å². The largest absolute Gasteiger partial charge is 0.373 e. The summed E-state index contributed by atoms with van der Waals surface area (Å²) in [5, 5.41) is 0. The molecule has 5 heteroatoms. The Labute approximate surface area is 97.0 Å². The van der Waals surface area contributed by atoms with Crippen LogP contribution in [0.3, 0.4) is 0 Å². The van der Waals surface area contributed by atoms with Gasteiger partial charge in [0.2, 0.25) is 0 Å². The lowest BCUT2D eigenvalue weighted by Crippen LogP contribution is -2.47. The number of hydrazine groups is 1. The number of nitrogens with one attached hydrogen (secondary N) is 1. The molecule has 5 nitrogen and oxygen atoms in total. The lowest BCUT2D eigenvalue weighted by Gasteiger charge is -2.35. The number of nitrogens with zero attached hydrogens (tertiary/aromatic N) is 2. The lowest BCUT2D eigenvalue weighted by atomic mass is 9.92. The minimum atomic E-state index is -0.345. The predicted octanol–water partition coefficient (Wildman–Crippen LogP) is 1.13. The van der Waals surface area contributed by atoms with Gasteiger partial charge in [-0.15, -0.1) is 0 Å². The summed E-state index contributed by atoms with van der Waals surface area (Å²) in [4.78, 5) is 4.32. The first-order chi connectivity index (χ1) is 7.59. The Bertz CT molecular complexity index is 326. The van der Waals surface area contributed by atoms with Crippen LogP contribution < -0.4 is 11.3 Å². The van der Waals surface area contributed by atoms with E-state index in [1.165, 1.54) is 0 Å². The number of imidazole rings is 1. The SMILES string of the molecule is CCOC(C)(CC)C(NN)c1nccn1C. The van der Waals surface area contributed by atoms with Crippen LogP contribution in [0, 0.1) is 0 Å². The number of nitrogens with two attached hydrogens (primary N) is 1. The molecule has 2 atom stereocenters. The Morgan fingerprint density at radius 2 is 2.31 bits per heavy atom. The summed E-state index contributed by atoms with van der Waals surface area (Å²) in [5.41, 5.74) is 2.47. The second-order valence-electron chi connectivity index (χ2n) is 4.10. The molecule has 0 radical (unpaired) electrons.